The van der Waals surface area contributed by atoms with Gasteiger partial charge in [-0.05, 0) is 31.7 Å². The van der Waals surface area contributed by atoms with Crippen LogP contribution in [0, 0.1) is 5.92 Å². The molecule has 1 rings (SSSR count). The van der Waals surface area contributed by atoms with Crippen molar-refractivity contribution in [1.82, 2.24) is 4.90 Å². The second-order valence-corrected chi connectivity index (χ2v) is 5.67. The summed E-state index contributed by atoms with van der Waals surface area (Å²) in [5.74, 6) is 0.469. The van der Waals surface area contributed by atoms with E-state index in [4.69, 9.17) is 0 Å². The molecule has 1 N–H and O–H groups in total. The molecule has 0 aliphatic heterocycles. The molecule has 0 spiro atoms. The van der Waals surface area contributed by atoms with Crippen LogP contribution in [0.3, 0.4) is 0 Å². The van der Waals surface area contributed by atoms with E-state index < -0.39 is 12.3 Å². The summed E-state index contributed by atoms with van der Waals surface area (Å²) in [6.45, 7) is 4.50. The lowest BCUT2D eigenvalue weighted by Crippen LogP contribution is -2.45. The molecule has 2 nitrogen and oxygen atoms in total. The van der Waals surface area contributed by atoms with Crippen LogP contribution in [0.25, 0.3) is 0 Å². The van der Waals surface area contributed by atoms with Crippen LogP contribution in [0.2, 0.25) is 0 Å². The Kier molecular flexibility index (Phi) is 5.92. The monoisotopic (exact) mass is 267 g/mol. The summed E-state index contributed by atoms with van der Waals surface area (Å²) in [4.78, 5) is 1.84. The van der Waals surface area contributed by atoms with Crippen molar-refractivity contribution in [2.24, 2.45) is 5.92 Å². The first kappa shape index (κ1) is 15.8. The highest BCUT2D eigenvalue weighted by molar-refractivity contribution is 4.81. The third kappa shape index (κ3) is 5.14. The maximum atomic E-state index is 12.4. The minimum atomic E-state index is -4.51. The van der Waals surface area contributed by atoms with Crippen molar-refractivity contribution in [3.05, 3.63) is 0 Å². The van der Waals surface area contributed by atoms with Gasteiger partial charge in [-0.15, -0.1) is 0 Å². The van der Waals surface area contributed by atoms with Crippen LogP contribution in [0.15, 0.2) is 0 Å². The first-order valence-corrected chi connectivity index (χ1v) is 6.79. The second kappa shape index (κ2) is 6.75. The van der Waals surface area contributed by atoms with Gasteiger partial charge in [0.05, 0.1) is 0 Å². The van der Waals surface area contributed by atoms with Crippen molar-refractivity contribution < 1.29 is 18.3 Å². The molecule has 0 aromatic heterocycles. The molecular weight excluding hydrogens is 243 g/mol. The fourth-order valence-corrected chi connectivity index (χ4v) is 2.44. The summed E-state index contributed by atoms with van der Waals surface area (Å²) in [6, 6.07) is 0.223. The fraction of sp³-hybridized carbons (Fsp3) is 1.00. The summed E-state index contributed by atoms with van der Waals surface area (Å²) in [7, 11) is 0. The van der Waals surface area contributed by atoms with E-state index in [1.165, 1.54) is 0 Å². The van der Waals surface area contributed by atoms with Crippen LogP contribution in [-0.4, -0.2) is 41.4 Å². The first-order chi connectivity index (χ1) is 8.30. The Hall–Kier alpha value is -0.290. The number of alkyl halides is 3. The van der Waals surface area contributed by atoms with E-state index in [2.05, 4.69) is 13.8 Å². The Morgan fingerprint density at radius 3 is 2.22 bits per heavy atom. The van der Waals surface area contributed by atoms with E-state index in [9.17, 15) is 18.3 Å². The molecule has 1 aliphatic carbocycles. The number of hydrogen-bond donors (Lipinski definition) is 1. The van der Waals surface area contributed by atoms with Gasteiger partial charge in [0.15, 0.2) is 6.10 Å². The largest absolute Gasteiger partial charge is 0.415 e. The maximum Gasteiger partial charge on any atom is 0.415 e. The van der Waals surface area contributed by atoms with Crippen LogP contribution in [-0.2, 0) is 0 Å². The smallest absolute Gasteiger partial charge is 0.382 e. The van der Waals surface area contributed by atoms with Crippen molar-refractivity contribution in [2.45, 2.75) is 64.3 Å². The highest BCUT2D eigenvalue weighted by atomic mass is 19.4. The predicted octanol–water partition coefficient (Wildman–Crippen LogP) is 3.20. The number of halogens is 3. The predicted molar refractivity (Wildman–Crippen MR) is 65.3 cm³/mol. The molecule has 0 amide bonds. The van der Waals surface area contributed by atoms with E-state index >= 15 is 0 Å². The zero-order valence-corrected chi connectivity index (χ0v) is 11.2. The van der Waals surface area contributed by atoms with Gasteiger partial charge in [0.1, 0.15) is 0 Å². The topological polar surface area (TPSA) is 23.5 Å². The van der Waals surface area contributed by atoms with Gasteiger partial charge in [-0.25, -0.2) is 0 Å². The standard InChI is InChI=1S/C13H24F3NO/c1-10(2)7-8-17(11-5-3-4-6-11)9-12(18)13(14,15)16/h10-12,18H,3-9H2,1-2H3. The molecule has 0 saturated heterocycles. The van der Waals surface area contributed by atoms with Crippen molar-refractivity contribution in [2.75, 3.05) is 13.1 Å². The average Bonchev–Trinajstić information content (AvgIpc) is 2.75. The normalized spacial score (nSPS) is 20.0. The highest BCUT2D eigenvalue weighted by Crippen LogP contribution is 2.27. The fourth-order valence-electron chi connectivity index (χ4n) is 2.44. The number of nitrogens with zero attached hydrogens (tertiary/aromatic N) is 1. The summed E-state index contributed by atoms with van der Waals surface area (Å²) >= 11 is 0. The van der Waals surface area contributed by atoms with E-state index in [0.717, 1.165) is 32.1 Å². The third-order valence-corrected chi connectivity index (χ3v) is 3.62. The lowest BCUT2D eigenvalue weighted by atomic mass is 10.1. The molecule has 18 heavy (non-hydrogen) atoms. The third-order valence-electron chi connectivity index (χ3n) is 3.62. The molecule has 108 valence electrons. The second-order valence-electron chi connectivity index (χ2n) is 5.67. The number of aliphatic hydroxyl groups excluding tert-OH is 1. The van der Waals surface area contributed by atoms with E-state index in [0.29, 0.717) is 12.5 Å². The molecule has 0 bridgehead atoms. The van der Waals surface area contributed by atoms with Gasteiger partial charge >= 0.3 is 6.18 Å². The number of aliphatic hydroxyl groups is 1. The molecule has 1 fully saturated rings. The molecular formula is C13H24F3NO. The SMILES string of the molecule is CC(C)CCN(CC(O)C(F)(F)F)C1CCCC1. The van der Waals surface area contributed by atoms with E-state index in [1.807, 2.05) is 4.90 Å². The Bertz CT molecular complexity index is 237. The zero-order valence-electron chi connectivity index (χ0n) is 11.2. The molecule has 0 aromatic carbocycles. The lowest BCUT2D eigenvalue weighted by molar-refractivity contribution is -0.209. The van der Waals surface area contributed by atoms with Gasteiger partial charge in [-0.3, -0.25) is 4.90 Å². The van der Waals surface area contributed by atoms with Crippen molar-refractivity contribution in [3.8, 4) is 0 Å². The highest BCUT2D eigenvalue weighted by Gasteiger charge is 2.40. The molecule has 0 heterocycles. The minimum absolute atomic E-state index is 0.223. The summed E-state index contributed by atoms with van der Waals surface area (Å²) in [5.41, 5.74) is 0. The molecule has 1 unspecified atom stereocenters. The van der Waals surface area contributed by atoms with Gasteiger partial charge < -0.3 is 5.11 Å². The minimum Gasteiger partial charge on any atom is -0.382 e. The molecule has 1 aliphatic rings. The maximum absolute atomic E-state index is 12.4. The quantitative estimate of drug-likeness (QED) is 0.799. The van der Waals surface area contributed by atoms with Gasteiger partial charge in [0.25, 0.3) is 0 Å². The molecule has 0 aromatic rings. The van der Waals surface area contributed by atoms with Gasteiger partial charge in [0.2, 0.25) is 0 Å². The van der Waals surface area contributed by atoms with E-state index in [1.54, 1.807) is 0 Å². The van der Waals surface area contributed by atoms with Crippen LogP contribution in [0.5, 0.6) is 0 Å². The molecule has 5 heteroatoms. The number of rotatable bonds is 6. The summed E-state index contributed by atoms with van der Waals surface area (Å²) < 4.78 is 37.3. The molecule has 1 atom stereocenters. The van der Waals surface area contributed by atoms with Crippen LogP contribution in [0.1, 0.15) is 46.0 Å². The summed E-state index contributed by atoms with van der Waals surface area (Å²) in [6.07, 6.45) is -1.75. The Labute approximate surface area is 107 Å². The lowest BCUT2D eigenvalue weighted by Gasteiger charge is -2.31. The Morgan fingerprint density at radius 2 is 1.78 bits per heavy atom. The van der Waals surface area contributed by atoms with Crippen molar-refractivity contribution in [1.29, 1.82) is 0 Å². The molecule has 0 radical (unpaired) electrons. The van der Waals surface area contributed by atoms with Crippen molar-refractivity contribution in [3.63, 3.8) is 0 Å². The van der Waals surface area contributed by atoms with Gasteiger partial charge in [-0.2, -0.15) is 13.2 Å². The van der Waals surface area contributed by atoms with Gasteiger partial charge in [-0.1, -0.05) is 26.7 Å². The van der Waals surface area contributed by atoms with Crippen LogP contribution in [0.4, 0.5) is 13.2 Å². The first-order valence-electron chi connectivity index (χ1n) is 6.79. The Morgan fingerprint density at radius 1 is 1.22 bits per heavy atom. The molecule has 1 saturated carbocycles. The van der Waals surface area contributed by atoms with Crippen molar-refractivity contribution >= 4 is 0 Å². The van der Waals surface area contributed by atoms with E-state index in [-0.39, 0.29) is 12.6 Å². The number of hydrogen-bond acceptors (Lipinski definition) is 2. The zero-order chi connectivity index (χ0) is 13.8. The van der Waals surface area contributed by atoms with Crippen LogP contribution < -0.4 is 0 Å². The van der Waals surface area contributed by atoms with Gasteiger partial charge in [0, 0.05) is 12.6 Å². The van der Waals surface area contributed by atoms with Crippen LogP contribution >= 0.6 is 0 Å². The summed E-state index contributed by atoms with van der Waals surface area (Å²) in [5, 5.41) is 9.22. The Balaban J connectivity index is 2.53. The average molecular weight is 267 g/mol.